The van der Waals surface area contributed by atoms with Crippen molar-refractivity contribution in [1.29, 1.82) is 0 Å². The third-order valence-corrected chi connectivity index (χ3v) is 7.15. The molecule has 30 heavy (non-hydrogen) atoms. The van der Waals surface area contributed by atoms with Gasteiger partial charge in [-0.05, 0) is 37.1 Å². The van der Waals surface area contributed by atoms with E-state index in [4.69, 9.17) is 21.3 Å². The zero-order valence-electron chi connectivity index (χ0n) is 16.0. The molecule has 1 fully saturated rings. The molecular formula is C22H18ClN3O2S2. The number of nitrogens with zero attached hydrogens (tertiary/aromatic N) is 3. The molecule has 2 aromatic carbocycles. The van der Waals surface area contributed by atoms with Gasteiger partial charge in [0, 0.05) is 22.6 Å². The summed E-state index contributed by atoms with van der Waals surface area (Å²) in [6.45, 7) is 1.21. The molecule has 1 aliphatic heterocycles. The fourth-order valence-electron chi connectivity index (χ4n) is 3.48. The van der Waals surface area contributed by atoms with Crippen LogP contribution in [-0.4, -0.2) is 35.1 Å². The predicted molar refractivity (Wildman–Crippen MR) is 123 cm³/mol. The lowest BCUT2D eigenvalue weighted by Crippen LogP contribution is -2.37. The fourth-order valence-corrected chi connectivity index (χ4v) is 5.43. The highest BCUT2D eigenvalue weighted by molar-refractivity contribution is 7.22. The van der Waals surface area contributed by atoms with Crippen LogP contribution in [0.1, 0.15) is 23.3 Å². The molecule has 2 aromatic heterocycles. The number of aromatic nitrogens is 2. The number of carbonyl (C=O) groups is 1. The standard InChI is InChI=1S/C22H18ClN3O2S2/c23-15-6-3-5-14(11-15)20-24-18(13-29-20)21(27)26(12-16-7-4-10-28-16)22-25-17-8-1-2-9-19(17)30-22/h1-3,5-6,8-9,11,13,16H,4,7,10,12H2. The van der Waals surface area contributed by atoms with Crippen molar-refractivity contribution in [2.75, 3.05) is 18.1 Å². The first-order valence-corrected chi connectivity index (χ1v) is 11.8. The highest BCUT2D eigenvalue weighted by Gasteiger charge is 2.28. The van der Waals surface area contributed by atoms with Crippen LogP contribution in [0.2, 0.25) is 5.02 Å². The quantitative estimate of drug-likeness (QED) is 0.376. The monoisotopic (exact) mass is 455 g/mol. The third-order valence-electron chi connectivity index (χ3n) is 4.96. The average Bonchev–Trinajstić information content (AvgIpc) is 3.52. The molecule has 0 N–H and O–H groups in total. The first-order chi connectivity index (χ1) is 14.7. The molecule has 1 amide bonds. The molecule has 152 valence electrons. The Morgan fingerprint density at radius 2 is 2.10 bits per heavy atom. The first-order valence-electron chi connectivity index (χ1n) is 9.68. The zero-order chi connectivity index (χ0) is 20.5. The molecule has 4 aromatic rings. The van der Waals surface area contributed by atoms with E-state index in [0.717, 1.165) is 40.2 Å². The molecule has 1 atom stereocenters. The van der Waals surface area contributed by atoms with Crippen LogP contribution in [0.3, 0.4) is 0 Å². The Morgan fingerprint density at radius 3 is 2.90 bits per heavy atom. The highest BCUT2D eigenvalue weighted by atomic mass is 35.5. The van der Waals surface area contributed by atoms with Crippen molar-refractivity contribution < 1.29 is 9.53 Å². The topological polar surface area (TPSA) is 55.3 Å². The number of ether oxygens (including phenoxy) is 1. The smallest absolute Gasteiger partial charge is 0.279 e. The van der Waals surface area contributed by atoms with Crippen LogP contribution >= 0.6 is 34.3 Å². The van der Waals surface area contributed by atoms with E-state index >= 15 is 0 Å². The summed E-state index contributed by atoms with van der Waals surface area (Å²) in [5.74, 6) is -0.158. The van der Waals surface area contributed by atoms with Crippen molar-refractivity contribution >= 4 is 55.5 Å². The molecule has 5 nitrogen and oxygen atoms in total. The van der Waals surface area contributed by atoms with Crippen LogP contribution < -0.4 is 4.90 Å². The maximum atomic E-state index is 13.5. The second kappa shape index (κ2) is 8.43. The second-order valence-corrected chi connectivity index (χ2v) is 9.37. The van der Waals surface area contributed by atoms with Crippen molar-refractivity contribution in [3.63, 3.8) is 0 Å². The van der Waals surface area contributed by atoms with Crippen LogP contribution in [0.4, 0.5) is 5.13 Å². The number of hydrogen-bond donors (Lipinski definition) is 0. The van der Waals surface area contributed by atoms with Gasteiger partial charge in [0.05, 0.1) is 22.9 Å². The summed E-state index contributed by atoms with van der Waals surface area (Å²) < 4.78 is 6.85. The molecule has 0 radical (unpaired) electrons. The lowest BCUT2D eigenvalue weighted by molar-refractivity contribution is 0.0914. The number of anilines is 1. The van der Waals surface area contributed by atoms with E-state index < -0.39 is 0 Å². The minimum Gasteiger partial charge on any atom is -0.376 e. The number of thiazole rings is 2. The molecule has 5 rings (SSSR count). The maximum Gasteiger partial charge on any atom is 0.279 e. The van der Waals surface area contributed by atoms with Gasteiger partial charge in [-0.2, -0.15) is 0 Å². The van der Waals surface area contributed by atoms with Crippen LogP contribution in [-0.2, 0) is 4.74 Å². The summed E-state index contributed by atoms with van der Waals surface area (Å²) in [7, 11) is 0. The van der Waals surface area contributed by atoms with E-state index in [0.29, 0.717) is 22.4 Å². The van der Waals surface area contributed by atoms with Gasteiger partial charge in [0.25, 0.3) is 5.91 Å². The Morgan fingerprint density at radius 1 is 1.20 bits per heavy atom. The van der Waals surface area contributed by atoms with Crippen molar-refractivity contribution in [1.82, 2.24) is 9.97 Å². The highest BCUT2D eigenvalue weighted by Crippen LogP contribution is 2.32. The van der Waals surface area contributed by atoms with Gasteiger partial charge < -0.3 is 4.74 Å². The van der Waals surface area contributed by atoms with Crippen molar-refractivity contribution in [2.24, 2.45) is 0 Å². The molecule has 3 heterocycles. The maximum absolute atomic E-state index is 13.5. The number of hydrogen-bond acceptors (Lipinski definition) is 6. The molecule has 8 heteroatoms. The van der Waals surface area contributed by atoms with Gasteiger partial charge in [-0.25, -0.2) is 9.97 Å². The van der Waals surface area contributed by atoms with Gasteiger partial charge in [-0.3, -0.25) is 9.69 Å². The largest absolute Gasteiger partial charge is 0.376 e. The SMILES string of the molecule is O=C(c1csc(-c2cccc(Cl)c2)n1)N(CC1CCCO1)c1nc2ccccc2s1. The van der Waals surface area contributed by atoms with Gasteiger partial charge in [0.15, 0.2) is 5.13 Å². The number of carbonyl (C=O) groups excluding carboxylic acids is 1. The molecule has 1 unspecified atom stereocenters. The van der Waals surface area contributed by atoms with E-state index in [1.165, 1.54) is 22.7 Å². The van der Waals surface area contributed by atoms with Crippen LogP contribution in [0, 0.1) is 0 Å². The Kier molecular flexibility index (Phi) is 5.52. The van der Waals surface area contributed by atoms with Gasteiger partial charge in [-0.1, -0.05) is 47.2 Å². The van der Waals surface area contributed by atoms with Crippen molar-refractivity contribution in [2.45, 2.75) is 18.9 Å². The normalized spacial score (nSPS) is 16.2. The summed E-state index contributed by atoms with van der Waals surface area (Å²) in [5, 5.41) is 3.88. The minimum absolute atomic E-state index is 0.0204. The summed E-state index contributed by atoms with van der Waals surface area (Å²) in [6.07, 6.45) is 1.98. The van der Waals surface area contributed by atoms with E-state index in [9.17, 15) is 4.79 Å². The van der Waals surface area contributed by atoms with Crippen LogP contribution in [0.15, 0.2) is 53.9 Å². The molecule has 0 spiro atoms. The summed E-state index contributed by atoms with van der Waals surface area (Å²) in [6, 6.07) is 15.4. The Hall–Kier alpha value is -2.32. The predicted octanol–water partition coefficient (Wildman–Crippen LogP) is 5.90. The van der Waals surface area contributed by atoms with Crippen molar-refractivity contribution in [3.05, 3.63) is 64.6 Å². The van der Waals surface area contributed by atoms with Gasteiger partial charge in [-0.15, -0.1) is 11.3 Å². The molecule has 1 aliphatic rings. The molecule has 0 bridgehead atoms. The summed E-state index contributed by atoms with van der Waals surface area (Å²) >= 11 is 9.06. The fraction of sp³-hybridized carbons (Fsp3) is 0.227. The number of fused-ring (bicyclic) bond motifs is 1. The number of amides is 1. The molecule has 0 saturated carbocycles. The number of benzene rings is 2. The Balaban J connectivity index is 1.48. The lowest BCUT2D eigenvalue weighted by Gasteiger charge is -2.22. The van der Waals surface area contributed by atoms with E-state index in [1.54, 1.807) is 10.3 Å². The molecule has 1 saturated heterocycles. The average molecular weight is 456 g/mol. The summed E-state index contributed by atoms with van der Waals surface area (Å²) in [5.41, 5.74) is 2.20. The zero-order valence-corrected chi connectivity index (χ0v) is 18.3. The van der Waals surface area contributed by atoms with Gasteiger partial charge in [0.2, 0.25) is 0 Å². The second-order valence-electron chi connectivity index (χ2n) is 7.06. The first kappa shape index (κ1) is 19.6. The van der Waals surface area contributed by atoms with E-state index in [-0.39, 0.29) is 12.0 Å². The molecule has 0 aliphatic carbocycles. The van der Waals surface area contributed by atoms with Crippen LogP contribution in [0.25, 0.3) is 20.8 Å². The van der Waals surface area contributed by atoms with Gasteiger partial charge in [0.1, 0.15) is 10.7 Å². The van der Waals surface area contributed by atoms with Crippen molar-refractivity contribution in [3.8, 4) is 10.6 Å². The van der Waals surface area contributed by atoms with E-state index in [2.05, 4.69) is 4.98 Å². The third kappa shape index (κ3) is 3.98. The van der Waals surface area contributed by atoms with Crippen LogP contribution in [0.5, 0.6) is 0 Å². The summed E-state index contributed by atoms with van der Waals surface area (Å²) in [4.78, 5) is 24.5. The Labute approximate surface area is 186 Å². The Bertz CT molecular complexity index is 1170. The van der Waals surface area contributed by atoms with E-state index in [1.807, 2.05) is 48.5 Å². The lowest BCUT2D eigenvalue weighted by atomic mass is 10.2. The molecular weight excluding hydrogens is 438 g/mol. The number of rotatable bonds is 5. The number of para-hydroxylation sites is 1. The minimum atomic E-state index is -0.158. The van der Waals surface area contributed by atoms with Gasteiger partial charge >= 0.3 is 0 Å². The number of halogens is 1.